The van der Waals surface area contributed by atoms with Crippen LogP contribution in [0.15, 0.2) is 18.2 Å². The van der Waals surface area contributed by atoms with E-state index in [1.165, 1.54) is 26.0 Å². The molecule has 1 aliphatic rings. The standard InChI is InChI=1S/C11H14FNO/c1-14-11-5-4-9(6-10(11)12)13-7-8-2-3-8/h4-6,8,13H,2-3,7H2,1H3. The van der Waals surface area contributed by atoms with Gasteiger partial charge in [-0.05, 0) is 30.9 Å². The van der Waals surface area contributed by atoms with Gasteiger partial charge in [-0.15, -0.1) is 0 Å². The van der Waals surface area contributed by atoms with E-state index in [-0.39, 0.29) is 5.82 Å². The highest BCUT2D eigenvalue weighted by atomic mass is 19.1. The zero-order chi connectivity index (χ0) is 9.97. The summed E-state index contributed by atoms with van der Waals surface area (Å²) < 4.78 is 18.1. The minimum absolute atomic E-state index is 0.293. The Hall–Kier alpha value is -1.25. The van der Waals surface area contributed by atoms with Crippen LogP contribution < -0.4 is 10.1 Å². The predicted molar refractivity (Wildman–Crippen MR) is 54.2 cm³/mol. The topological polar surface area (TPSA) is 21.3 Å². The minimum atomic E-state index is -0.312. The lowest BCUT2D eigenvalue weighted by Gasteiger charge is -2.07. The molecule has 0 unspecified atom stereocenters. The van der Waals surface area contributed by atoms with Gasteiger partial charge in [-0.3, -0.25) is 0 Å². The Kier molecular flexibility index (Phi) is 2.57. The molecule has 1 saturated carbocycles. The number of nitrogens with one attached hydrogen (secondary N) is 1. The molecular weight excluding hydrogens is 181 g/mol. The van der Waals surface area contributed by atoms with Gasteiger partial charge in [0.05, 0.1) is 7.11 Å². The van der Waals surface area contributed by atoms with Crippen LogP contribution >= 0.6 is 0 Å². The van der Waals surface area contributed by atoms with Gasteiger partial charge < -0.3 is 10.1 Å². The van der Waals surface area contributed by atoms with Gasteiger partial charge in [0, 0.05) is 18.3 Å². The maximum Gasteiger partial charge on any atom is 0.167 e. The van der Waals surface area contributed by atoms with Crippen molar-refractivity contribution in [3.63, 3.8) is 0 Å². The summed E-state index contributed by atoms with van der Waals surface area (Å²) in [7, 11) is 1.47. The van der Waals surface area contributed by atoms with Gasteiger partial charge in [0.2, 0.25) is 0 Å². The number of benzene rings is 1. The quantitative estimate of drug-likeness (QED) is 0.797. The van der Waals surface area contributed by atoms with Crippen LogP contribution in [-0.4, -0.2) is 13.7 Å². The second kappa shape index (κ2) is 3.86. The third-order valence-electron chi connectivity index (χ3n) is 2.44. The van der Waals surface area contributed by atoms with Crippen LogP contribution in [0.3, 0.4) is 0 Å². The lowest BCUT2D eigenvalue weighted by atomic mass is 10.3. The summed E-state index contributed by atoms with van der Waals surface area (Å²) in [5.74, 6) is 0.774. The van der Waals surface area contributed by atoms with Crippen molar-refractivity contribution in [3.05, 3.63) is 24.0 Å². The van der Waals surface area contributed by atoms with Crippen molar-refractivity contribution in [1.82, 2.24) is 0 Å². The van der Waals surface area contributed by atoms with Crippen LogP contribution in [0.4, 0.5) is 10.1 Å². The van der Waals surface area contributed by atoms with Crippen molar-refractivity contribution in [1.29, 1.82) is 0 Å². The molecule has 1 N–H and O–H groups in total. The highest BCUT2D eigenvalue weighted by Gasteiger charge is 2.20. The molecular formula is C11H14FNO. The van der Waals surface area contributed by atoms with E-state index < -0.39 is 0 Å². The van der Waals surface area contributed by atoms with Crippen molar-refractivity contribution < 1.29 is 9.13 Å². The Labute approximate surface area is 83.1 Å². The molecule has 14 heavy (non-hydrogen) atoms. The van der Waals surface area contributed by atoms with E-state index in [1.807, 2.05) is 6.07 Å². The number of rotatable bonds is 4. The molecule has 1 aliphatic carbocycles. The zero-order valence-corrected chi connectivity index (χ0v) is 8.22. The second-order valence-corrected chi connectivity index (χ2v) is 3.67. The average molecular weight is 195 g/mol. The summed E-state index contributed by atoms with van der Waals surface area (Å²) in [6.45, 7) is 0.950. The first-order valence-corrected chi connectivity index (χ1v) is 4.87. The maximum absolute atomic E-state index is 13.2. The summed E-state index contributed by atoms with van der Waals surface area (Å²) in [6, 6.07) is 4.95. The summed E-state index contributed by atoms with van der Waals surface area (Å²) in [6.07, 6.45) is 2.59. The molecule has 1 aromatic rings. The van der Waals surface area contributed by atoms with Crippen molar-refractivity contribution in [3.8, 4) is 5.75 Å². The van der Waals surface area contributed by atoms with Crippen molar-refractivity contribution in [2.75, 3.05) is 19.0 Å². The maximum atomic E-state index is 13.2. The predicted octanol–water partition coefficient (Wildman–Crippen LogP) is 2.66. The van der Waals surface area contributed by atoms with Gasteiger partial charge in [-0.2, -0.15) is 0 Å². The minimum Gasteiger partial charge on any atom is -0.494 e. The van der Waals surface area contributed by atoms with E-state index in [2.05, 4.69) is 5.32 Å². The Balaban J connectivity index is 1.99. The van der Waals surface area contributed by atoms with E-state index in [4.69, 9.17) is 4.74 Å². The first-order valence-electron chi connectivity index (χ1n) is 4.87. The average Bonchev–Trinajstić information content (AvgIpc) is 2.98. The Morgan fingerprint density at radius 2 is 2.29 bits per heavy atom. The number of anilines is 1. The van der Waals surface area contributed by atoms with Crippen molar-refractivity contribution in [2.24, 2.45) is 5.92 Å². The molecule has 0 bridgehead atoms. The Bertz CT molecular complexity index is 323. The van der Waals surface area contributed by atoms with Crippen LogP contribution in [0.25, 0.3) is 0 Å². The Morgan fingerprint density at radius 1 is 1.50 bits per heavy atom. The van der Waals surface area contributed by atoms with Crippen LogP contribution in [0.1, 0.15) is 12.8 Å². The molecule has 0 aliphatic heterocycles. The molecule has 76 valence electrons. The van der Waals surface area contributed by atoms with E-state index in [9.17, 15) is 4.39 Å². The monoisotopic (exact) mass is 195 g/mol. The Morgan fingerprint density at radius 3 is 2.86 bits per heavy atom. The second-order valence-electron chi connectivity index (χ2n) is 3.67. The first-order chi connectivity index (χ1) is 6.79. The number of ether oxygens (including phenoxy) is 1. The molecule has 0 aromatic heterocycles. The molecule has 1 aromatic carbocycles. The first kappa shape index (κ1) is 9.31. The van der Waals surface area contributed by atoms with Gasteiger partial charge in [-0.25, -0.2) is 4.39 Å². The molecule has 0 spiro atoms. The van der Waals surface area contributed by atoms with Gasteiger partial charge in [0.1, 0.15) is 0 Å². The van der Waals surface area contributed by atoms with E-state index in [1.54, 1.807) is 6.07 Å². The SMILES string of the molecule is COc1ccc(NCC2CC2)cc1F. The molecule has 3 heteroatoms. The van der Waals surface area contributed by atoms with Gasteiger partial charge in [0.15, 0.2) is 11.6 Å². The van der Waals surface area contributed by atoms with Crippen LogP contribution in [0, 0.1) is 11.7 Å². The molecule has 1 fully saturated rings. The van der Waals surface area contributed by atoms with Crippen LogP contribution in [-0.2, 0) is 0 Å². The summed E-state index contributed by atoms with van der Waals surface area (Å²) in [5.41, 5.74) is 0.829. The van der Waals surface area contributed by atoms with Gasteiger partial charge in [0.25, 0.3) is 0 Å². The fourth-order valence-corrected chi connectivity index (χ4v) is 1.36. The molecule has 0 radical (unpaired) electrons. The summed E-state index contributed by atoms with van der Waals surface area (Å²) in [4.78, 5) is 0. The van der Waals surface area contributed by atoms with Gasteiger partial charge >= 0.3 is 0 Å². The van der Waals surface area contributed by atoms with Gasteiger partial charge in [-0.1, -0.05) is 0 Å². The fraction of sp³-hybridized carbons (Fsp3) is 0.455. The molecule has 0 heterocycles. The van der Waals surface area contributed by atoms with E-state index >= 15 is 0 Å². The molecule has 0 atom stereocenters. The summed E-state index contributed by atoms with van der Waals surface area (Å²) >= 11 is 0. The van der Waals surface area contributed by atoms with Crippen LogP contribution in [0.5, 0.6) is 5.75 Å². The molecule has 2 rings (SSSR count). The smallest absolute Gasteiger partial charge is 0.167 e. The number of hydrogen-bond acceptors (Lipinski definition) is 2. The highest BCUT2D eigenvalue weighted by Crippen LogP contribution is 2.29. The van der Waals surface area contributed by atoms with Crippen molar-refractivity contribution in [2.45, 2.75) is 12.8 Å². The largest absolute Gasteiger partial charge is 0.494 e. The normalized spacial score (nSPS) is 15.3. The third-order valence-corrected chi connectivity index (χ3v) is 2.44. The number of hydrogen-bond donors (Lipinski definition) is 1. The highest BCUT2D eigenvalue weighted by molar-refractivity contribution is 5.47. The fourth-order valence-electron chi connectivity index (χ4n) is 1.36. The lowest BCUT2D eigenvalue weighted by Crippen LogP contribution is -2.03. The lowest BCUT2D eigenvalue weighted by molar-refractivity contribution is 0.386. The number of methoxy groups -OCH3 is 1. The number of halogens is 1. The van der Waals surface area contributed by atoms with E-state index in [0.29, 0.717) is 5.75 Å². The molecule has 0 amide bonds. The molecule has 2 nitrogen and oxygen atoms in total. The summed E-state index contributed by atoms with van der Waals surface area (Å²) in [5, 5.41) is 3.20. The van der Waals surface area contributed by atoms with Crippen molar-refractivity contribution >= 4 is 5.69 Å². The van der Waals surface area contributed by atoms with Crippen LogP contribution in [0.2, 0.25) is 0 Å². The van der Waals surface area contributed by atoms with E-state index in [0.717, 1.165) is 18.2 Å². The third kappa shape index (κ3) is 2.16. The molecule has 0 saturated heterocycles. The zero-order valence-electron chi connectivity index (χ0n) is 8.22.